The highest BCUT2D eigenvalue weighted by Crippen LogP contribution is 2.40. The molecule has 0 unspecified atom stereocenters. The zero-order valence-corrected chi connectivity index (χ0v) is 17.2. The maximum absolute atomic E-state index is 13.4. The van der Waals surface area contributed by atoms with Crippen LogP contribution in [0.2, 0.25) is 0 Å². The number of benzene rings is 3. The van der Waals surface area contributed by atoms with Gasteiger partial charge in [-0.05, 0) is 42.3 Å². The molecule has 0 aliphatic heterocycles. The summed E-state index contributed by atoms with van der Waals surface area (Å²) in [6.07, 6.45) is -4.59. The fourth-order valence-electron chi connectivity index (χ4n) is 3.97. The van der Waals surface area contributed by atoms with Gasteiger partial charge in [0.25, 0.3) is 0 Å². The fraction of sp³-hybridized carbons (Fsp3) is 0.0769. The van der Waals surface area contributed by atoms with E-state index in [4.69, 9.17) is 8.83 Å². The second kappa shape index (κ2) is 7.48. The third kappa shape index (κ3) is 3.51. The number of furan rings is 1. The van der Waals surface area contributed by atoms with Crippen LogP contribution in [0.3, 0.4) is 0 Å². The van der Waals surface area contributed by atoms with Crippen molar-refractivity contribution in [1.82, 2.24) is 0 Å². The van der Waals surface area contributed by atoms with Crippen LogP contribution < -0.4 is 5.63 Å². The number of fused-ring (bicyclic) bond motifs is 3. The van der Waals surface area contributed by atoms with Crippen LogP contribution >= 0.6 is 0 Å². The highest BCUT2D eigenvalue weighted by molar-refractivity contribution is 6.20. The maximum atomic E-state index is 13.4. The molecule has 164 valence electrons. The predicted molar refractivity (Wildman–Crippen MR) is 117 cm³/mol. The van der Waals surface area contributed by atoms with E-state index in [9.17, 15) is 22.8 Å². The van der Waals surface area contributed by atoms with Crippen LogP contribution in [0.25, 0.3) is 33.1 Å². The molecule has 33 heavy (non-hydrogen) atoms. The summed E-state index contributed by atoms with van der Waals surface area (Å²) in [4.78, 5) is 25.5. The van der Waals surface area contributed by atoms with Gasteiger partial charge < -0.3 is 8.83 Å². The number of rotatable bonds is 3. The number of carbonyl (C=O) groups is 1. The van der Waals surface area contributed by atoms with Crippen LogP contribution in [0.15, 0.2) is 86.4 Å². The van der Waals surface area contributed by atoms with Gasteiger partial charge in [0.2, 0.25) is 5.78 Å². The lowest BCUT2D eigenvalue weighted by Crippen LogP contribution is -2.08. The standard InChI is InChI=1S/C26H15F3O4/c1-14-12-20(30)33-24-18(14)10-11-19-22(24)21(15-6-3-2-4-7-15)25(32-19)23(31)16-8-5-9-17(13-16)26(27,28)29/h2-13H,1H3. The SMILES string of the molecule is Cc1cc(=O)oc2c1ccc1oc(C(=O)c3cccc(C(F)(F)F)c3)c(-c3ccccc3)c12. The number of hydrogen-bond donors (Lipinski definition) is 0. The number of aryl methyl sites for hydroxylation is 1. The minimum Gasteiger partial charge on any atom is -0.452 e. The van der Waals surface area contributed by atoms with Gasteiger partial charge in [-0.1, -0.05) is 42.5 Å². The van der Waals surface area contributed by atoms with Gasteiger partial charge in [0, 0.05) is 22.6 Å². The molecule has 0 spiro atoms. The number of alkyl halides is 3. The third-order valence-electron chi connectivity index (χ3n) is 5.49. The van der Waals surface area contributed by atoms with Gasteiger partial charge >= 0.3 is 11.8 Å². The summed E-state index contributed by atoms with van der Waals surface area (Å²) in [7, 11) is 0. The minimum atomic E-state index is -4.59. The van der Waals surface area contributed by atoms with Crippen LogP contribution in [0.4, 0.5) is 13.2 Å². The second-order valence-electron chi connectivity index (χ2n) is 7.64. The van der Waals surface area contributed by atoms with Crippen LogP contribution in [0, 0.1) is 6.92 Å². The van der Waals surface area contributed by atoms with Gasteiger partial charge in [0.05, 0.1) is 10.9 Å². The molecule has 0 N–H and O–H groups in total. The molecular formula is C26H15F3O4. The van der Waals surface area contributed by atoms with Crippen molar-refractivity contribution in [2.45, 2.75) is 13.1 Å². The molecule has 2 aromatic heterocycles. The molecular weight excluding hydrogens is 433 g/mol. The molecule has 0 bridgehead atoms. The summed E-state index contributed by atoms with van der Waals surface area (Å²) in [6.45, 7) is 1.77. The summed E-state index contributed by atoms with van der Waals surface area (Å²) in [5.41, 5.74) is 0.526. The summed E-state index contributed by atoms with van der Waals surface area (Å²) in [5.74, 6) is -0.841. The molecule has 5 rings (SSSR count). The Morgan fingerprint density at radius 3 is 2.36 bits per heavy atom. The van der Waals surface area contributed by atoms with Gasteiger partial charge in [0.15, 0.2) is 5.76 Å². The lowest BCUT2D eigenvalue weighted by Gasteiger charge is -2.08. The lowest BCUT2D eigenvalue weighted by atomic mass is 9.96. The predicted octanol–water partition coefficient (Wildman–Crippen LogP) is 6.76. The average molecular weight is 448 g/mol. The van der Waals surface area contributed by atoms with Gasteiger partial charge in [-0.2, -0.15) is 13.2 Å². The zero-order chi connectivity index (χ0) is 23.3. The fourth-order valence-corrected chi connectivity index (χ4v) is 3.97. The Morgan fingerprint density at radius 1 is 0.879 bits per heavy atom. The number of ketones is 1. The van der Waals surface area contributed by atoms with Crippen molar-refractivity contribution >= 4 is 27.7 Å². The van der Waals surface area contributed by atoms with E-state index in [1.54, 1.807) is 49.4 Å². The first-order valence-corrected chi connectivity index (χ1v) is 10.0. The van der Waals surface area contributed by atoms with E-state index in [2.05, 4.69) is 0 Å². The Labute approximate surface area is 184 Å². The molecule has 2 heterocycles. The third-order valence-corrected chi connectivity index (χ3v) is 5.49. The Hall–Kier alpha value is -4.13. The first kappa shape index (κ1) is 20.8. The van der Waals surface area contributed by atoms with Crippen LogP contribution in [0.1, 0.15) is 27.2 Å². The molecule has 0 saturated carbocycles. The molecule has 0 aliphatic carbocycles. The van der Waals surface area contributed by atoms with E-state index < -0.39 is 23.1 Å². The molecule has 0 saturated heterocycles. The number of halogens is 3. The largest absolute Gasteiger partial charge is 0.452 e. The maximum Gasteiger partial charge on any atom is 0.416 e. The van der Waals surface area contributed by atoms with E-state index in [0.29, 0.717) is 27.5 Å². The molecule has 0 atom stereocenters. The van der Waals surface area contributed by atoms with Crippen molar-refractivity contribution in [3.63, 3.8) is 0 Å². The van der Waals surface area contributed by atoms with Crippen molar-refractivity contribution in [3.05, 3.63) is 106 Å². The van der Waals surface area contributed by atoms with E-state index in [-0.39, 0.29) is 22.5 Å². The molecule has 0 radical (unpaired) electrons. The lowest BCUT2D eigenvalue weighted by molar-refractivity contribution is -0.137. The van der Waals surface area contributed by atoms with E-state index in [1.165, 1.54) is 18.2 Å². The number of carbonyl (C=O) groups excluding carboxylic acids is 1. The monoisotopic (exact) mass is 448 g/mol. The van der Waals surface area contributed by atoms with Crippen LogP contribution in [-0.4, -0.2) is 5.78 Å². The first-order chi connectivity index (χ1) is 15.7. The van der Waals surface area contributed by atoms with Gasteiger partial charge in [-0.15, -0.1) is 0 Å². The van der Waals surface area contributed by atoms with Crippen LogP contribution in [-0.2, 0) is 6.18 Å². The van der Waals surface area contributed by atoms with Crippen molar-refractivity contribution in [2.24, 2.45) is 0 Å². The Kier molecular flexibility index (Phi) is 4.70. The smallest absolute Gasteiger partial charge is 0.416 e. The quantitative estimate of drug-likeness (QED) is 0.226. The molecule has 3 aromatic carbocycles. The summed E-state index contributed by atoms with van der Waals surface area (Å²) in [5, 5.41) is 1.08. The zero-order valence-electron chi connectivity index (χ0n) is 17.2. The van der Waals surface area contributed by atoms with E-state index in [0.717, 1.165) is 12.1 Å². The molecule has 5 aromatic rings. The summed E-state index contributed by atoms with van der Waals surface area (Å²) in [6, 6.07) is 17.7. The van der Waals surface area contributed by atoms with Gasteiger partial charge in [-0.25, -0.2) is 4.79 Å². The van der Waals surface area contributed by atoms with Crippen molar-refractivity contribution in [2.75, 3.05) is 0 Å². The second-order valence-corrected chi connectivity index (χ2v) is 7.64. The summed E-state index contributed by atoms with van der Waals surface area (Å²) < 4.78 is 51.1. The normalized spacial score (nSPS) is 11.9. The van der Waals surface area contributed by atoms with Crippen molar-refractivity contribution < 1.29 is 26.8 Å². The topological polar surface area (TPSA) is 60.4 Å². The van der Waals surface area contributed by atoms with Gasteiger partial charge in [0.1, 0.15) is 11.2 Å². The highest BCUT2D eigenvalue weighted by atomic mass is 19.4. The Morgan fingerprint density at radius 2 is 1.64 bits per heavy atom. The summed E-state index contributed by atoms with van der Waals surface area (Å²) >= 11 is 0. The van der Waals surface area contributed by atoms with Crippen LogP contribution in [0.5, 0.6) is 0 Å². The van der Waals surface area contributed by atoms with Crippen molar-refractivity contribution in [1.29, 1.82) is 0 Å². The Balaban J connectivity index is 1.84. The van der Waals surface area contributed by atoms with E-state index in [1.807, 2.05) is 0 Å². The molecule has 0 amide bonds. The van der Waals surface area contributed by atoms with E-state index >= 15 is 0 Å². The highest BCUT2D eigenvalue weighted by Gasteiger charge is 2.32. The number of hydrogen-bond acceptors (Lipinski definition) is 4. The Bertz CT molecular complexity index is 1590. The van der Waals surface area contributed by atoms with Gasteiger partial charge in [-0.3, -0.25) is 4.79 Å². The average Bonchev–Trinajstić information content (AvgIpc) is 3.19. The molecule has 0 aliphatic rings. The molecule has 0 fully saturated rings. The minimum absolute atomic E-state index is 0.132. The molecule has 4 nitrogen and oxygen atoms in total. The molecule has 7 heteroatoms. The van der Waals surface area contributed by atoms with Crippen molar-refractivity contribution in [3.8, 4) is 11.1 Å². The first-order valence-electron chi connectivity index (χ1n) is 10.0.